The van der Waals surface area contributed by atoms with Crippen LogP contribution in [-0.4, -0.2) is 21.8 Å². The van der Waals surface area contributed by atoms with E-state index < -0.39 is 0 Å². The monoisotopic (exact) mass is 266 g/mol. The molecule has 3 rings (SSSR count). The van der Waals surface area contributed by atoms with E-state index in [1.165, 1.54) is 11.1 Å². The zero-order valence-electron chi connectivity index (χ0n) is 11.8. The molecule has 1 atom stereocenters. The van der Waals surface area contributed by atoms with Crippen molar-refractivity contribution in [3.63, 3.8) is 0 Å². The van der Waals surface area contributed by atoms with Gasteiger partial charge < -0.3 is 4.90 Å². The molecule has 1 aliphatic heterocycles. The zero-order chi connectivity index (χ0) is 14.2. The lowest BCUT2D eigenvalue weighted by Gasteiger charge is -2.46. The summed E-state index contributed by atoms with van der Waals surface area (Å²) in [5.41, 5.74) is 3.18. The number of rotatable bonds is 2. The second-order valence-electron chi connectivity index (χ2n) is 5.86. The van der Waals surface area contributed by atoms with Crippen LogP contribution >= 0.6 is 0 Å². The first-order valence-corrected chi connectivity index (χ1v) is 6.86. The Bertz CT molecular complexity index is 622. The van der Waals surface area contributed by atoms with Gasteiger partial charge in [-0.2, -0.15) is 0 Å². The Morgan fingerprint density at radius 2 is 1.95 bits per heavy atom. The summed E-state index contributed by atoms with van der Waals surface area (Å²) in [5.74, 6) is 0. The van der Waals surface area contributed by atoms with E-state index in [9.17, 15) is 4.79 Å². The molecule has 2 aromatic rings. The summed E-state index contributed by atoms with van der Waals surface area (Å²) in [6.07, 6.45) is 3.60. The van der Waals surface area contributed by atoms with Crippen LogP contribution in [0, 0.1) is 0 Å². The normalized spacial score (nSPS) is 20.3. The number of hydrogen-bond acceptors (Lipinski definition) is 2. The van der Waals surface area contributed by atoms with E-state index in [1.807, 2.05) is 29.2 Å². The molecule has 1 amide bonds. The van der Waals surface area contributed by atoms with Crippen LogP contribution < -0.4 is 0 Å². The highest BCUT2D eigenvalue weighted by Gasteiger charge is 2.39. The summed E-state index contributed by atoms with van der Waals surface area (Å²) in [6, 6.07) is 14.1. The van der Waals surface area contributed by atoms with Crippen molar-refractivity contribution in [2.24, 2.45) is 0 Å². The third-order valence-corrected chi connectivity index (χ3v) is 4.03. The Balaban J connectivity index is 2.20. The van der Waals surface area contributed by atoms with Crippen molar-refractivity contribution in [1.29, 1.82) is 0 Å². The number of aromatic nitrogens is 1. The maximum Gasteiger partial charge on any atom is 0.210 e. The van der Waals surface area contributed by atoms with Crippen molar-refractivity contribution >= 4 is 6.41 Å². The molecule has 1 unspecified atom stereocenters. The number of benzene rings is 1. The first-order valence-electron chi connectivity index (χ1n) is 6.86. The molecule has 1 aliphatic rings. The molecule has 0 fully saturated rings. The standard InChI is InChI=1S/C17H18N2O/c1-17(2)11-13-7-3-4-8-14(13)16(19(17)12-20)15-9-5-6-10-18-15/h3-10,12,16H,11H2,1-2H3. The van der Waals surface area contributed by atoms with Gasteiger partial charge in [0.2, 0.25) is 6.41 Å². The first kappa shape index (κ1) is 12.9. The number of pyridine rings is 1. The van der Waals surface area contributed by atoms with E-state index in [0.29, 0.717) is 0 Å². The van der Waals surface area contributed by atoms with Crippen molar-refractivity contribution in [3.05, 3.63) is 65.5 Å². The van der Waals surface area contributed by atoms with Gasteiger partial charge in [-0.1, -0.05) is 30.3 Å². The summed E-state index contributed by atoms with van der Waals surface area (Å²) < 4.78 is 0. The third kappa shape index (κ3) is 1.99. The van der Waals surface area contributed by atoms with Crippen LogP contribution in [0.2, 0.25) is 0 Å². The minimum atomic E-state index is -0.210. The Labute approximate surface area is 119 Å². The van der Waals surface area contributed by atoms with E-state index in [1.54, 1.807) is 6.20 Å². The Morgan fingerprint density at radius 1 is 1.20 bits per heavy atom. The highest BCUT2D eigenvalue weighted by molar-refractivity contribution is 5.55. The summed E-state index contributed by atoms with van der Waals surface area (Å²) >= 11 is 0. The fraction of sp³-hybridized carbons (Fsp3) is 0.294. The van der Waals surface area contributed by atoms with Crippen LogP contribution in [0.3, 0.4) is 0 Å². The number of nitrogens with zero attached hydrogens (tertiary/aromatic N) is 2. The summed E-state index contributed by atoms with van der Waals surface area (Å²) in [7, 11) is 0. The summed E-state index contributed by atoms with van der Waals surface area (Å²) in [4.78, 5) is 18.0. The topological polar surface area (TPSA) is 33.2 Å². The molecule has 0 radical (unpaired) electrons. The average Bonchev–Trinajstić information content (AvgIpc) is 2.45. The van der Waals surface area contributed by atoms with Crippen LogP contribution in [0.4, 0.5) is 0 Å². The van der Waals surface area contributed by atoms with Crippen molar-refractivity contribution in [3.8, 4) is 0 Å². The Hall–Kier alpha value is -2.16. The number of carbonyl (C=O) groups excluding carboxylic acids is 1. The van der Waals surface area contributed by atoms with Gasteiger partial charge >= 0.3 is 0 Å². The average molecular weight is 266 g/mol. The van der Waals surface area contributed by atoms with Crippen molar-refractivity contribution in [1.82, 2.24) is 9.88 Å². The maximum atomic E-state index is 11.7. The fourth-order valence-corrected chi connectivity index (χ4v) is 3.06. The zero-order valence-corrected chi connectivity index (χ0v) is 11.8. The van der Waals surface area contributed by atoms with E-state index in [0.717, 1.165) is 18.5 Å². The van der Waals surface area contributed by atoms with Gasteiger partial charge in [-0.3, -0.25) is 9.78 Å². The van der Waals surface area contributed by atoms with Gasteiger partial charge in [0.25, 0.3) is 0 Å². The predicted molar refractivity (Wildman–Crippen MR) is 78.2 cm³/mol. The molecule has 2 heterocycles. The lowest BCUT2D eigenvalue weighted by atomic mass is 9.81. The molecule has 0 aliphatic carbocycles. The molecule has 3 nitrogen and oxygen atoms in total. The van der Waals surface area contributed by atoms with Crippen molar-refractivity contribution in [2.75, 3.05) is 0 Å². The van der Waals surface area contributed by atoms with Crippen LogP contribution in [0.25, 0.3) is 0 Å². The Morgan fingerprint density at radius 3 is 2.65 bits per heavy atom. The Kier molecular flexibility index (Phi) is 3.05. The third-order valence-electron chi connectivity index (χ3n) is 4.03. The van der Waals surface area contributed by atoms with Gasteiger partial charge in [0.15, 0.2) is 0 Å². The highest BCUT2D eigenvalue weighted by Crippen LogP contribution is 2.40. The minimum absolute atomic E-state index is 0.103. The molecule has 0 saturated heterocycles. The lowest BCUT2D eigenvalue weighted by molar-refractivity contribution is -0.125. The highest BCUT2D eigenvalue weighted by atomic mass is 16.1. The molecule has 1 aromatic carbocycles. The van der Waals surface area contributed by atoms with Gasteiger partial charge in [0.1, 0.15) is 0 Å². The van der Waals surface area contributed by atoms with Gasteiger partial charge in [-0.25, -0.2) is 0 Å². The second-order valence-corrected chi connectivity index (χ2v) is 5.86. The number of amides is 1. The summed E-state index contributed by atoms with van der Waals surface area (Å²) in [6.45, 7) is 4.21. The van der Waals surface area contributed by atoms with Crippen LogP contribution in [0.5, 0.6) is 0 Å². The minimum Gasteiger partial charge on any atom is -0.327 e. The van der Waals surface area contributed by atoms with Gasteiger partial charge in [-0.05, 0) is 43.5 Å². The number of carbonyl (C=O) groups is 1. The lowest BCUT2D eigenvalue weighted by Crippen LogP contribution is -2.50. The van der Waals surface area contributed by atoms with Gasteiger partial charge in [-0.15, -0.1) is 0 Å². The number of hydrogen-bond donors (Lipinski definition) is 0. The van der Waals surface area contributed by atoms with E-state index in [2.05, 4.69) is 37.0 Å². The molecular weight excluding hydrogens is 248 g/mol. The molecule has 0 spiro atoms. The summed E-state index contributed by atoms with van der Waals surface area (Å²) in [5, 5.41) is 0. The smallest absolute Gasteiger partial charge is 0.210 e. The fourth-order valence-electron chi connectivity index (χ4n) is 3.06. The quantitative estimate of drug-likeness (QED) is 0.783. The molecule has 0 bridgehead atoms. The molecular formula is C17H18N2O. The van der Waals surface area contributed by atoms with Gasteiger partial charge in [0.05, 0.1) is 11.7 Å². The molecule has 0 saturated carbocycles. The first-order chi connectivity index (χ1) is 9.63. The van der Waals surface area contributed by atoms with E-state index in [4.69, 9.17) is 0 Å². The van der Waals surface area contributed by atoms with E-state index >= 15 is 0 Å². The molecule has 1 aromatic heterocycles. The van der Waals surface area contributed by atoms with Gasteiger partial charge in [0, 0.05) is 11.7 Å². The molecule has 102 valence electrons. The number of fused-ring (bicyclic) bond motifs is 1. The van der Waals surface area contributed by atoms with Crippen molar-refractivity contribution in [2.45, 2.75) is 31.8 Å². The van der Waals surface area contributed by atoms with Crippen molar-refractivity contribution < 1.29 is 4.79 Å². The molecule has 0 N–H and O–H groups in total. The van der Waals surface area contributed by atoms with Crippen LogP contribution in [0.15, 0.2) is 48.7 Å². The van der Waals surface area contributed by atoms with Crippen LogP contribution in [-0.2, 0) is 11.2 Å². The second kappa shape index (κ2) is 4.75. The molecule has 20 heavy (non-hydrogen) atoms. The van der Waals surface area contributed by atoms with Crippen LogP contribution in [0.1, 0.15) is 36.7 Å². The van der Waals surface area contributed by atoms with E-state index in [-0.39, 0.29) is 11.6 Å². The largest absolute Gasteiger partial charge is 0.327 e. The molecule has 3 heteroatoms. The SMILES string of the molecule is CC1(C)Cc2ccccc2C(c2ccccn2)N1C=O. The predicted octanol–water partition coefficient (Wildman–Crippen LogP) is 2.96. The maximum absolute atomic E-state index is 11.7.